The Balaban J connectivity index is 1.16. The molecule has 0 atom stereocenters. The van der Waals surface area contributed by atoms with Crippen molar-refractivity contribution in [3.63, 3.8) is 0 Å². The fraction of sp³-hybridized carbons (Fsp3) is 0. The summed E-state index contributed by atoms with van der Waals surface area (Å²) in [5.74, 6) is 0.696. The average molecular weight is 701 g/mol. The van der Waals surface area contributed by atoms with Gasteiger partial charge < -0.3 is 4.42 Å². The van der Waals surface area contributed by atoms with Crippen LogP contribution in [-0.4, -0.2) is 9.97 Å². The van der Waals surface area contributed by atoms with E-state index in [0.717, 1.165) is 88.4 Å². The van der Waals surface area contributed by atoms with Crippen LogP contribution < -0.4 is 0 Å². The topological polar surface area (TPSA) is 38.9 Å². The van der Waals surface area contributed by atoms with E-state index >= 15 is 0 Å². The van der Waals surface area contributed by atoms with Crippen molar-refractivity contribution >= 4 is 54.3 Å². The molecule has 9 aromatic carbocycles. The molecule has 2 aromatic heterocycles. The maximum absolute atomic E-state index is 6.28. The molecule has 11 aromatic rings. The molecule has 0 bridgehead atoms. The number of nitrogens with zero attached hydrogens (tertiary/aromatic N) is 2. The Hall–Kier alpha value is -7.36. The average Bonchev–Trinajstić information content (AvgIpc) is 3.64. The summed E-state index contributed by atoms with van der Waals surface area (Å²) in [5, 5.41) is 9.27. The number of hydrogen-bond donors (Lipinski definition) is 0. The Labute approximate surface area is 317 Å². The SMILES string of the molecule is c1ccc(-c2ccccc2-c2cc(-c3cccc(-c4ccc5c(c4)oc4ccccc45)c3)nc(-c3c4ccccc4cc4c3ccc3ccccc34)n2)cc1. The molecule has 3 nitrogen and oxygen atoms in total. The van der Waals surface area contributed by atoms with Crippen molar-refractivity contribution in [3.05, 3.63) is 194 Å². The van der Waals surface area contributed by atoms with Gasteiger partial charge in [0.25, 0.3) is 0 Å². The number of furan rings is 1. The molecular weight excluding hydrogens is 669 g/mol. The van der Waals surface area contributed by atoms with Crippen LogP contribution in [0.15, 0.2) is 199 Å². The molecule has 3 heteroatoms. The van der Waals surface area contributed by atoms with Crippen LogP contribution in [0, 0.1) is 0 Å². The van der Waals surface area contributed by atoms with Crippen LogP contribution in [-0.2, 0) is 0 Å². The number of para-hydroxylation sites is 1. The van der Waals surface area contributed by atoms with Crippen LogP contribution in [0.5, 0.6) is 0 Å². The molecule has 0 fully saturated rings. The van der Waals surface area contributed by atoms with Gasteiger partial charge in [-0.3, -0.25) is 0 Å². The normalized spacial score (nSPS) is 11.6. The lowest BCUT2D eigenvalue weighted by Crippen LogP contribution is -1.99. The number of benzene rings is 9. The van der Waals surface area contributed by atoms with E-state index in [4.69, 9.17) is 14.4 Å². The monoisotopic (exact) mass is 700 g/mol. The van der Waals surface area contributed by atoms with Gasteiger partial charge in [-0.05, 0) is 91.0 Å². The molecule has 0 aliphatic carbocycles. The molecule has 0 unspecified atom stereocenters. The van der Waals surface area contributed by atoms with Crippen LogP contribution in [0.4, 0.5) is 0 Å². The molecule has 0 saturated heterocycles. The third-order valence-electron chi connectivity index (χ3n) is 10.9. The molecule has 0 N–H and O–H groups in total. The summed E-state index contributed by atoms with van der Waals surface area (Å²) in [6.07, 6.45) is 0. The summed E-state index contributed by atoms with van der Waals surface area (Å²) in [5.41, 5.74) is 11.1. The number of hydrogen-bond acceptors (Lipinski definition) is 3. The van der Waals surface area contributed by atoms with Gasteiger partial charge in [0.2, 0.25) is 0 Å². The summed E-state index contributed by atoms with van der Waals surface area (Å²) in [6.45, 7) is 0. The van der Waals surface area contributed by atoms with Gasteiger partial charge in [-0.1, -0.05) is 158 Å². The molecule has 0 amide bonds. The van der Waals surface area contributed by atoms with Gasteiger partial charge >= 0.3 is 0 Å². The smallest absolute Gasteiger partial charge is 0.161 e. The highest BCUT2D eigenvalue weighted by molar-refractivity contribution is 6.19. The van der Waals surface area contributed by atoms with Gasteiger partial charge in [-0.25, -0.2) is 9.97 Å². The lowest BCUT2D eigenvalue weighted by molar-refractivity contribution is 0.669. The Morgan fingerprint density at radius 1 is 0.309 bits per heavy atom. The first kappa shape index (κ1) is 31.2. The van der Waals surface area contributed by atoms with Crippen LogP contribution in [0.3, 0.4) is 0 Å². The zero-order valence-corrected chi connectivity index (χ0v) is 29.8. The predicted molar refractivity (Wildman–Crippen MR) is 229 cm³/mol. The van der Waals surface area contributed by atoms with E-state index in [2.05, 4.69) is 182 Å². The van der Waals surface area contributed by atoms with Crippen molar-refractivity contribution in [3.8, 4) is 56.2 Å². The summed E-state index contributed by atoms with van der Waals surface area (Å²) in [6, 6.07) is 68.6. The highest BCUT2D eigenvalue weighted by Gasteiger charge is 2.19. The van der Waals surface area contributed by atoms with Crippen LogP contribution >= 0.6 is 0 Å². The minimum Gasteiger partial charge on any atom is -0.456 e. The standard InChI is InChI=1S/C52H32N2O/c1-2-13-33(14-3-1)39-19-8-9-22-42(39)48-32-47(38-18-12-17-35(29-38)36-26-27-44-43-23-10-11-24-49(43)55-50(44)31-36)53-52(54-48)51-41-21-7-5-16-37(41)30-46-40-20-6-4-15-34(40)25-28-45(46)51/h1-32H. The fourth-order valence-electron chi connectivity index (χ4n) is 8.25. The number of aromatic nitrogens is 2. The van der Waals surface area contributed by atoms with Crippen molar-refractivity contribution < 1.29 is 4.42 Å². The third-order valence-corrected chi connectivity index (χ3v) is 10.9. The predicted octanol–water partition coefficient (Wildman–Crippen LogP) is 14.2. The van der Waals surface area contributed by atoms with E-state index in [1.54, 1.807) is 0 Å². The number of rotatable bonds is 5. The molecule has 0 radical (unpaired) electrons. The molecule has 0 saturated carbocycles. The maximum atomic E-state index is 6.28. The van der Waals surface area contributed by atoms with Gasteiger partial charge in [-0.15, -0.1) is 0 Å². The van der Waals surface area contributed by atoms with E-state index in [0.29, 0.717) is 5.82 Å². The summed E-state index contributed by atoms with van der Waals surface area (Å²) < 4.78 is 6.28. The first-order chi connectivity index (χ1) is 27.2. The second-order valence-electron chi connectivity index (χ2n) is 14.1. The van der Waals surface area contributed by atoms with Crippen LogP contribution in [0.25, 0.3) is 110 Å². The van der Waals surface area contributed by atoms with E-state index in [9.17, 15) is 0 Å². The van der Waals surface area contributed by atoms with Crippen molar-refractivity contribution in [2.24, 2.45) is 0 Å². The van der Waals surface area contributed by atoms with Crippen molar-refractivity contribution in [2.75, 3.05) is 0 Å². The fourth-order valence-corrected chi connectivity index (χ4v) is 8.25. The Kier molecular flexibility index (Phi) is 7.17. The zero-order valence-electron chi connectivity index (χ0n) is 29.8. The largest absolute Gasteiger partial charge is 0.456 e. The van der Waals surface area contributed by atoms with Crippen molar-refractivity contribution in [2.45, 2.75) is 0 Å². The lowest BCUT2D eigenvalue weighted by atomic mass is 9.92. The first-order valence-electron chi connectivity index (χ1n) is 18.6. The van der Waals surface area contributed by atoms with Gasteiger partial charge in [0.1, 0.15) is 11.2 Å². The third kappa shape index (κ3) is 5.28. The second-order valence-corrected chi connectivity index (χ2v) is 14.1. The number of fused-ring (bicyclic) bond motifs is 7. The van der Waals surface area contributed by atoms with Crippen LogP contribution in [0.2, 0.25) is 0 Å². The van der Waals surface area contributed by atoms with Gasteiger partial charge in [0.15, 0.2) is 5.82 Å². The molecule has 0 aliphatic heterocycles. The second kappa shape index (κ2) is 12.6. The Morgan fingerprint density at radius 3 is 1.84 bits per heavy atom. The van der Waals surface area contributed by atoms with E-state index in [1.165, 1.54) is 16.2 Å². The maximum Gasteiger partial charge on any atom is 0.161 e. The lowest BCUT2D eigenvalue weighted by Gasteiger charge is -2.16. The summed E-state index contributed by atoms with van der Waals surface area (Å²) in [4.78, 5) is 10.9. The highest BCUT2D eigenvalue weighted by Crippen LogP contribution is 2.41. The minimum absolute atomic E-state index is 0.696. The molecule has 11 rings (SSSR count). The Bertz CT molecular complexity index is 3270. The zero-order chi connectivity index (χ0) is 36.3. The van der Waals surface area contributed by atoms with E-state index in [-0.39, 0.29) is 0 Å². The Morgan fingerprint density at radius 2 is 0.945 bits per heavy atom. The quantitative estimate of drug-likeness (QED) is 0.133. The molecule has 256 valence electrons. The van der Waals surface area contributed by atoms with Crippen LogP contribution in [0.1, 0.15) is 0 Å². The van der Waals surface area contributed by atoms with Gasteiger partial charge in [0, 0.05) is 27.5 Å². The molecule has 55 heavy (non-hydrogen) atoms. The molecule has 0 aliphatic rings. The molecular formula is C52H32N2O. The molecule has 2 heterocycles. The van der Waals surface area contributed by atoms with Crippen molar-refractivity contribution in [1.29, 1.82) is 0 Å². The summed E-state index contributed by atoms with van der Waals surface area (Å²) in [7, 11) is 0. The summed E-state index contributed by atoms with van der Waals surface area (Å²) >= 11 is 0. The van der Waals surface area contributed by atoms with Crippen molar-refractivity contribution in [1.82, 2.24) is 9.97 Å². The van der Waals surface area contributed by atoms with E-state index < -0.39 is 0 Å². The van der Waals surface area contributed by atoms with E-state index in [1.807, 2.05) is 12.1 Å². The first-order valence-corrected chi connectivity index (χ1v) is 18.6. The molecule has 0 spiro atoms. The van der Waals surface area contributed by atoms with Gasteiger partial charge in [0.05, 0.1) is 11.4 Å². The highest BCUT2D eigenvalue weighted by atomic mass is 16.3. The minimum atomic E-state index is 0.696. The van der Waals surface area contributed by atoms with Gasteiger partial charge in [-0.2, -0.15) is 0 Å².